The maximum atomic E-state index is 9.11. The summed E-state index contributed by atoms with van der Waals surface area (Å²) < 4.78 is 1.94. The first-order valence-corrected chi connectivity index (χ1v) is 6.18. The predicted octanol–water partition coefficient (Wildman–Crippen LogP) is 1.95. The van der Waals surface area contributed by atoms with Crippen molar-refractivity contribution in [3.8, 4) is 6.07 Å². The second kappa shape index (κ2) is 5.83. The fourth-order valence-electron chi connectivity index (χ4n) is 2.13. The van der Waals surface area contributed by atoms with Crippen LogP contribution in [-0.2, 0) is 13.0 Å². The van der Waals surface area contributed by atoms with Crippen LogP contribution in [0.1, 0.15) is 37.7 Å². The molecule has 1 atom stereocenters. The van der Waals surface area contributed by atoms with E-state index in [1.165, 1.54) is 11.3 Å². The Morgan fingerprint density at radius 1 is 1.41 bits per heavy atom. The van der Waals surface area contributed by atoms with Gasteiger partial charge in [-0.15, -0.1) is 0 Å². The van der Waals surface area contributed by atoms with Crippen molar-refractivity contribution in [1.82, 2.24) is 15.1 Å². The van der Waals surface area contributed by atoms with Gasteiger partial charge in [-0.1, -0.05) is 6.92 Å². The average molecular weight is 234 g/mol. The zero-order valence-corrected chi connectivity index (χ0v) is 11.4. The summed E-state index contributed by atoms with van der Waals surface area (Å²) >= 11 is 0. The third-order valence-electron chi connectivity index (χ3n) is 2.93. The molecular weight excluding hydrogens is 212 g/mol. The van der Waals surface area contributed by atoms with Gasteiger partial charge in [0.2, 0.25) is 0 Å². The van der Waals surface area contributed by atoms with E-state index in [1.54, 1.807) is 0 Å². The van der Waals surface area contributed by atoms with Crippen LogP contribution in [0.5, 0.6) is 0 Å². The minimum Gasteiger partial charge on any atom is -0.298 e. The lowest BCUT2D eigenvalue weighted by atomic mass is 10.1. The van der Waals surface area contributed by atoms with Crippen LogP contribution in [0.2, 0.25) is 0 Å². The molecule has 94 valence electrons. The number of aryl methyl sites for hydroxylation is 1. The van der Waals surface area contributed by atoms with Crippen LogP contribution in [-0.4, -0.2) is 21.9 Å². The molecule has 4 heteroatoms. The lowest BCUT2D eigenvalue weighted by molar-refractivity contribution is 0.449. The minimum absolute atomic E-state index is 0.183. The van der Waals surface area contributed by atoms with Gasteiger partial charge in [0, 0.05) is 11.7 Å². The lowest BCUT2D eigenvalue weighted by Crippen LogP contribution is -2.37. The first kappa shape index (κ1) is 13.7. The molecule has 0 aromatic carbocycles. The molecule has 1 aromatic rings. The van der Waals surface area contributed by atoms with E-state index in [0.717, 1.165) is 12.1 Å². The largest absolute Gasteiger partial charge is 0.298 e. The standard InChI is InChI=1S/C13H22N4/c1-6-13-10(4)16-17(11(13)5)8-12(7-14)15-9(2)3/h9,12,15H,6,8H2,1-5H3. The molecule has 0 bridgehead atoms. The molecule has 1 heterocycles. The summed E-state index contributed by atoms with van der Waals surface area (Å²) in [6.45, 7) is 10.9. The highest BCUT2D eigenvalue weighted by molar-refractivity contribution is 5.24. The summed E-state index contributed by atoms with van der Waals surface area (Å²) in [7, 11) is 0. The number of hydrogen-bond acceptors (Lipinski definition) is 3. The molecule has 0 aliphatic heterocycles. The number of rotatable bonds is 5. The topological polar surface area (TPSA) is 53.6 Å². The van der Waals surface area contributed by atoms with E-state index in [2.05, 4.69) is 30.3 Å². The third kappa shape index (κ3) is 3.31. The number of nitrogens with zero attached hydrogens (tertiary/aromatic N) is 3. The normalized spacial score (nSPS) is 12.8. The Hall–Kier alpha value is -1.34. The van der Waals surface area contributed by atoms with Crippen molar-refractivity contribution in [2.75, 3.05) is 0 Å². The molecule has 1 unspecified atom stereocenters. The van der Waals surface area contributed by atoms with Crippen LogP contribution >= 0.6 is 0 Å². The maximum absolute atomic E-state index is 9.11. The highest BCUT2D eigenvalue weighted by Gasteiger charge is 2.14. The molecule has 4 nitrogen and oxygen atoms in total. The molecule has 0 fully saturated rings. The van der Waals surface area contributed by atoms with Crippen molar-refractivity contribution in [2.24, 2.45) is 0 Å². The quantitative estimate of drug-likeness (QED) is 0.847. The van der Waals surface area contributed by atoms with E-state index in [4.69, 9.17) is 5.26 Å². The second-order valence-electron chi connectivity index (χ2n) is 4.69. The molecule has 1 aromatic heterocycles. The average Bonchev–Trinajstić information content (AvgIpc) is 2.52. The molecule has 0 aliphatic carbocycles. The molecule has 0 radical (unpaired) electrons. The van der Waals surface area contributed by atoms with E-state index in [9.17, 15) is 0 Å². The molecule has 0 spiro atoms. The van der Waals surface area contributed by atoms with Crippen molar-refractivity contribution >= 4 is 0 Å². The number of nitrogens with one attached hydrogen (secondary N) is 1. The highest BCUT2D eigenvalue weighted by atomic mass is 15.3. The van der Waals surface area contributed by atoms with Crippen LogP contribution in [0.4, 0.5) is 0 Å². The summed E-state index contributed by atoms with van der Waals surface area (Å²) in [5, 5.41) is 16.8. The van der Waals surface area contributed by atoms with Crippen molar-refractivity contribution in [1.29, 1.82) is 5.26 Å². The fraction of sp³-hybridized carbons (Fsp3) is 0.692. The molecule has 0 saturated carbocycles. The van der Waals surface area contributed by atoms with Gasteiger partial charge in [-0.25, -0.2) is 0 Å². The zero-order chi connectivity index (χ0) is 13.0. The molecule has 0 saturated heterocycles. The van der Waals surface area contributed by atoms with Gasteiger partial charge in [0.15, 0.2) is 0 Å². The zero-order valence-electron chi connectivity index (χ0n) is 11.4. The van der Waals surface area contributed by atoms with Crippen LogP contribution in [0.15, 0.2) is 0 Å². The van der Waals surface area contributed by atoms with Gasteiger partial charge in [0.05, 0.1) is 18.3 Å². The fourth-order valence-corrected chi connectivity index (χ4v) is 2.13. The molecule has 1 N–H and O–H groups in total. The van der Waals surface area contributed by atoms with Crippen molar-refractivity contribution in [3.05, 3.63) is 17.0 Å². The smallest absolute Gasteiger partial charge is 0.115 e. The first-order valence-electron chi connectivity index (χ1n) is 6.18. The molecule has 1 rings (SSSR count). The van der Waals surface area contributed by atoms with Crippen molar-refractivity contribution in [2.45, 2.75) is 59.7 Å². The first-order chi connectivity index (χ1) is 7.99. The van der Waals surface area contributed by atoms with Gasteiger partial charge in [-0.3, -0.25) is 10.00 Å². The van der Waals surface area contributed by atoms with E-state index in [0.29, 0.717) is 12.6 Å². The van der Waals surface area contributed by atoms with Gasteiger partial charge in [0.1, 0.15) is 6.04 Å². The Morgan fingerprint density at radius 3 is 2.47 bits per heavy atom. The van der Waals surface area contributed by atoms with E-state index in [1.807, 2.05) is 25.5 Å². The SMILES string of the molecule is CCc1c(C)nn(CC(C#N)NC(C)C)c1C. The Balaban J connectivity index is 2.84. The monoisotopic (exact) mass is 234 g/mol. The number of nitriles is 1. The van der Waals surface area contributed by atoms with Gasteiger partial charge < -0.3 is 0 Å². The predicted molar refractivity (Wildman–Crippen MR) is 68.8 cm³/mol. The van der Waals surface area contributed by atoms with Crippen LogP contribution in [0, 0.1) is 25.2 Å². The summed E-state index contributed by atoms with van der Waals surface area (Å²) in [6, 6.07) is 2.41. The van der Waals surface area contributed by atoms with Crippen molar-refractivity contribution < 1.29 is 0 Å². The van der Waals surface area contributed by atoms with Crippen LogP contribution in [0.25, 0.3) is 0 Å². The number of aromatic nitrogens is 2. The van der Waals surface area contributed by atoms with Crippen LogP contribution in [0.3, 0.4) is 0 Å². The van der Waals surface area contributed by atoms with Gasteiger partial charge in [-0.2, -0.15) is 10.4 Å². The van der Waals surface area contributed by atoms with Crippen molar-refractivity contribution in [3.63, 3.8) is 0 Å². The minimum atomic E-state index is -0.183. The molecule has 17 heavy (non-hydrogen) atoms. The Kier molecular flexibility index (Phi) is 4.71. The van der Waals surface area contributed by atoms with E-state index >= 15 is 0 Å². The Labute approximate surface area is 104 Å². The molecule has 0 aliphatic rings. The lowest BCUT2D eigenvalue weighted by Gasteiger charge is -2.15. The third-order valence-corrected chi connectivity index (χ3v) is 2.93. The van der Waals surface area contributed by atoms with Gasteiger partial charge in [0.25, 0.3) is 0 Å². The molecule has 0 amide bonds. The highest BCUT2D eigenvalue weighted by Crippen LogP contribution is 2.13. The molecular formula is C13H22N4. The Morgan fingerprint density at radius 2 is 2.06 bits per heavy atom. The maximum Gasteiger partial charge on any atom is 0.115 e. The summed E-state index contributed by atoms with van der Waals surface area (Å²) in [6.07, 6.45) is 0.993. The second-order valence-corrected chi connectivity index (χ2v) is 4.69. The van der Waals surface area contributed by atoms with E-state index < -0.39 is 0 Å². The van der Waals surface area contributed by atoms with Gasteiger partial charge in [-0.05, 0) is 39.7 Å². The summed E-state index contributed by atoms with van der Waals surface area (Å²) in [5.41, 5.74) is 3.55. The summed E-state index contributed by atoms with van der Waals surface area (Å²) in [4.78, 5) is 0. The van der Waals surface area contributed by atoms with Crippen LogP contribution < -0.4 is 5.32 Å². The Bertz CT molecular complexity index is 412. The summed E-state index contributed by atoms with van der Waals surface area (Å²) in [5.74, 6) is 0. The number of hydrogen-bond donors (Lipinski definition) is 1. The van der Waals surface area contributed by atoms with Gasteiger partial charge >= 0.3 is 0 Å². The van der Waals surface area contributed by atoms with E-state index in [-0.39, 0.29) is 6.04 Å².